The number of hydrogen-bond donors (Lipinski definition) is 2. The molecule has 0 unspecified atom stereocenters. The van der Waals surface area contributed by atoms with E-state index in [4.69, 9.17) is 4.42 Å². The van der Waals surface area contributed by atoms with Crippen molar-refractivity contribution >= 4 is 11.1 Å². The molecule has 1 aromatic carbocycles. The second-order valence-electron chi connectivity index (χ2n) is 4.95. The molecule has 0 radical (unpaired) electrons. The van der Waals surface area contributed by atoms with Crippen LogP contribution in [0.4, 0.5) is 0 Å². The van der Waals surface area contributed by atoms with E-state index < -0.39 is 0 Å². The van der Waals surface area contributed by atoms with Gasteiger partial charge in [-0.3, -0.25) is 0 Å². The molecule has 0 aliphatic heterocycles. The van der Waals surface area contributed by atoms with Crippen molar-refractivity contribution in [3.63, 3.8) is 0 Å². The van der Waals surface area contributed by atoms with Crippen LogP contribution in [0.1, 0.15) is 32.2 Å². The topological polar surface area (TPSA) is 66.5 Å². The van der Waals surface area contributed by atoms with Crippen LogP contribution in [-0.2, 0) is 5.41 Å². The number of fused-ring (bicyclic) bond motifs is 1. The monoisotopic (exact) mass is 221 g/mol. The minimum absolute atomic E-state index is 0.117. The third-order valence-corrected chi connectivity index (χ3v) is 2.55. The van der Waals surface area contributed by atoms with Crippen molar-refractivity contribution in [2.75, 3.05) is 0 Å². The molecule has 86 valence electrons. The highest BCUT2D eigenvalue weighted by atomic mass is 16.4. The maximum atomic E-state index is 9.91. The van der Waals surface area contributed by atoms with Gasteiger partial charge in [0.2, 0.25) is 0 Å². The van der Waals surface area contributed by atoms with Gasteiger partial charge in [-0.1, -0.05) is 20.8 Å². The van der Waals surface area contributed by atoms with Crippen LogP contribution in [0.15, 0.2) is 10.5 Å². The predicted molar refractivity (Wildman–Crippen MR) is 60.8 cm³/mol. The molecule has 0 bridgehead atoms. The zero-order valence-electron chi connectivity index (χ0n) is 9.83. The lowest BCUT2D eigenvalue weighted by molar-refractivity contribution is 0.392. The molecule has 4 heteroatoms. The van der Waals surface area contributed by atoms with Gasteiger partial charge in [-0.05, 0) is 11.5 Å². The highest BCUT2D eigenvalue weighted by molar-refractivity contribution is 5.84. The molecular formula is C12H15NO3. The first-order chi connectivity index (χ1) is 7.30. The summed E-state index contributed by atoms with van der Waals surface area (Å²) in [4.78, 5) is 4.02. The van der Waals surface area contributed by atoms with Gasteiger partial charge in [0.25, 0.3) is 0 Å². The molecular weight excluding hydrogens is 206 g/mol. The number of hydrogen-bond acceptors (Lipinski definition) is 4. The van der Waals surface area contributed by atoms with E-state index in [1.165, 1.54) is 0 Å². The van der Waals surface area contributed by atoms with Crippen LogP contribution in [0.5, 0.6) is 11.5 Å². The lowest BCUT2D eigenvalue weighted by atomic mass is 9.86. The number of phenolic OH excluding ortho intramolecular Hbond substituents is 2. The largest absolute Gasteiger partial charge is 0.504 e. The van der Waals surface area contributed by atoms with Gasteiger partial charge in [-0.25, -0.2) is 4.98 Å². The summed E-state index contributed by atoms with van der Waals surface area (Å²) in [5, 5.41) is 19.8. The van der Waals surface area contributed by atoms with E-state index in [0.717, 1.165) is 0 Å². The van der Waals surface area contributed by atoms with E-state index in [1.807, 2.05) is 20.8 Å². The van der Waals surface area contributed by atoms with E-state index >= 15 is 0 Å². The van der Waals surface area contributed by atoms with E-state index in [2.05, 4.69) is 4.98 Å². The molecule has 0 aliphatic rings. The van der Waals surface area contributed by atoms with Crippen molar-refractivity contribution in [3.8, 4) is 11.5 Å². The van der Waals surface area contributed by atoms with Crippen molar-refractivity contribution in [2.45, 2.75) is 33.1 Å². The smallest absolute Gasteiger partial charge is 0.192 e. The van der Waals surface area contributed by atoms with Gasteiger partial charge in [0.05, 0.1) is 0 Å². The molecule has 16 heavy (non-hydrogen) atoms. The number of nitrogens with zero attached hydrogens (tertiary/aromatic N) is 1. The molecule has 2 N–H and O–H groups in total. The summed E-state index contributed by atoms with van der Waals surface area (Å²) in [6.07, 6.45) is 0. The first kappa shape index (κ1) is 10.8. The Morgan fingerprint density at radius 1 is 1.19 bits per heavy atom. The van der Waals surface area contributed by atoms with Gasteiger partial charge in [0.1, 0.15) is 0 Å². The van der Waals surface area contributed by atoms with Crippen LogP contribution < -0.4 is 0 Å². The van der Waals surface area contributed by atoms with Crippen LogP contribution in [-0.4, -0.2) is 15.2 Å². The molecule has 0 aliphatic carbocycles. The Labute approximate surface area is 93.5 Å². The van der Waals surface area contributed by atoms with Crippen LogP contribution in [0, 0.1) is 6.92 Å². The van der Waals surface area contributed by atoms with Crippen LogP contribution >= 0.6 is 0 Å². The summed E-state index contributed by atoms with van der Waals surface area (Å²) in [5.41, 5.74) is 1.19. The number of phenols is 2. The fourth-order valence-corrected chi connectivity index (χ4v) is 1.72. The lowest BCUT2D eigenvalue weighted by Crippen LogP contribution is -2.11. The van der Waals surface area contributed by atoms with Gasteiger partial charge in [-0.2, -0.15) is 0 Å². The van der Waals surface area contributed by atoms with Gasteiger partial charge in [-0.15, -0.1) is 0 Å². The van der Waals surface area contributed by atoms with Crippen molar-refractivity contribution < 1.29 is 14.6 Å². The normalized spacial score (nSPS) is 12.2. The zero-order chi connectivity index (χ0) is 12.1. The standard InChI is InChI=1S/C12H15NO3/c1-6-13-9-8(16-6)5-7(12(2,3)4)10(14)11(9)15/h5,14-15H,1-4H3. The molecule has 1 heterocycles. The van der Waals surface area contributed by atoms with Crippen molar-refractivity contribution in [1.82, 2.24) is 4.98 Å². The van der Waals surface area contributed by atoms with Crippen molar-refractivity contribution in [1.29, 1.82) is 0 Å². The third kappa shape index (κ3) is 1.50. The Kier molecular flexibility index (Phi) is 2.12. The summed E-state index contributed by atoms with van der Waals surface area (Å²) in [7, 11) is 0. The number of benzene rings is 1. The highest BCUT2D eigenvalue weighted by Gasteiger charge is 2.24. The number of aryl methyl sites for hydroxylation is 1. The number of aromatic nitrogens is 1. The number of aromatic hydroxyl groups is 2. The predicted octanol–water partition coefficient (Wildman–Crippen LogP) is 2.84. The van der Waals surface area contributed by atoms with Crippen molar-refractivity contribution in [2.24, 2.45) is 0 Å². The molecule has 2 rings (SSSR count). The maximum Gasteiger partial charge on any atom is 0.192 e. The quantitative estimate of drug-likeness (QED) is 0.671. The van der Waals surface area contributed by atoms with E-state index in [9.17, 15) is 10.2 Å². The van der Waals surface area contributed by atoms with E-state index in [-0.39, 0.29) is 16.9 Å². The second kappa shape index (κ2) is 3.14. The average Bonchev–Trinajstić information content (AvgIpc) is 2.51. The first-order valence-electron chi connectivity index (χ1n) is 5.13. The Bertz CT molecular complexity index is 549. The summed E-state index contributed by atoms with van der Waals surface area (Å²) >= 11 is 0. The Balaban J connectivity index is 2.83. The molecule has 0 fully saturated rings. The maximum absolute atomic E-state index is 9.91. The molecule has 0 atom stereocenters. The fraction of sp³-hybridized carbons (Fsp3) is 0.417. The Hall–Kier alpha value is -1.71. The fourth-order valence-electron chi connectivity index (χ4n) is 1.72. The SMILES string of the molecule is Cc1nc2c(O)c(O)c(C(C)(C)C)cc2o1. The third-order valence-electron chi connectivity index (χ3n) is 2.55. The van der Waals surface area contributed by atoms with Gasteiger partial charge in [0, 0.05) is 12.5 Å². The summed E-state index contributed by atoms with van der Waals surface area (Å²) in [6, 6.07) is 1.73. The molecule has 2 aromatic rings. The lowest BCUT2D eigenvalue weighted by Gasteiger charge is -2.20. The first-order valence-corrected chi connectivity index (χ1v) is 5.13. The number of oxazole rings is 1. The Morgan fingerprint density at radius 3 is 2.38 bits per heavy atom. The van der Waals surface area contributed by atoms with Crippen LogP contribution in [0.3, 0.4) is 0 Å². The van der Waals surface area contributed by atoms with Crippen molar-refractivity contribution in [3.05, 3.63) is 17.5 Å². The molecule has 0 saturated heterocycles. The summed E-state index contributed by atoms with van der Waals surface area (Å²) in [5.74, 6) is 0.142. The highest BCUT2D eigenvalue weighted by Crippen LogP contribution is 2.42. The minimum atomic E-state index is -0.267. The summed E-state index contributed by atoms with van der Waals surface area (Å²) in [6.45, 7) is 7.57. The molecule has 0 saturated carbocycles. The molecule has 0 amide bonds. The van der Waals surface area contributed by atoms with Crippen LogP contribution in [0.2, 0.25) is 0 Å². The molecule has 0 spiro atoms. The molecule has 4 nitrogen and oxygen atoms in total. The van der Waals surface area contributed by atoms with E-state index in [1.54, 1.807) is 13.0 Å². The molecule has 1 aromatic heterocycles. The van der Waals surface area contributed by atoms with E-state index in [0.29, 0.717) is 22.6 Å². The Morgan fingerprint density at radius 2 is 1.81 bits per heavy atom. The van der Waals surface area contributed by atoms with Gasteiger partial charge in [0.15, 0.2) is 28.5 Å². The number of rotatable bonds is 0. The average molecular weight is 221 g/mol. The van der Waals surface area contributed by atoms with Gasteiger partial charge >= 0.3 is 0 Å². The van der Waals surface area contributed by atoms with Gasteiger partial charge < -0.3 is 14.6 Å². The van der Waals surface area contributed by atoms with Crippen LogP contribution in [0.25, 0.3) is 11.1 Å². The second-order valence-corrected chi connectivity index (χ2v) is 4.95. The zero-order valence-corrected chi connectivity index (χ0v) is 9.83. The minimum Gasteiger partial charge on any atom is -0.504 e. The summed E-state index contributed by atoms with van der Waals surface area (Å²) < 4.78 is 5.36.